The number of carboxylic acid groups (broad SMARTS) is 1. The van der Waals surface area contributed by atoms with E-state index >= 15 is 0 Å². The largest absolute Gasteiger partial charge is 0.476 e. The molecule has 3 aromatic rings. The highest BCUT2D eigenvalue weighted by Gasteiger charge is 2.19. The zero-order valence-corrected chi connectivity index (χ0v) is 11.1. The lowest BCUT2D eigenvalue weighted by Crippen LogP contribution is -2.06. The molecule has 0 aliphatic rings. The molecule has 6 heteroatoms. The van der Waals surface area contributed by atoms with E-state index in [1.807, 2.05) is 0 Å². The van der Waals surface area contributed by atoms with Crippen LogP contribution in [-0.2, 0) is 0 Å². The monoisotopic (exact) mass is 281 g/mol. The zero-order valence-electron chi connectivity index (χ0n) is 11.1. The van der Waals surface area contributed by atoms with Crippen LogP contribution in [0.15, 0.2) is 42.6 Å². The lowest BCUT2D eigenvalue weighted by molar-refractivity contribution is 0.0686. The van der Waals surface area contributed by atoms with Gasteiger partial charge in [0.1, 0.15) is 5.75 Å². The van der Waals surface area contributed by atoms with Crippen molar-refractivity contribution in [3.8, 4) is 11.5 Å². The van der Waals surface area contributed by atoms with Gasteiger partial charge >= 0.3 is 5.97 Å². The zero-order chi connectivity index (χ0) is 14.8. The van der Waals surface area contributed by atoms with Crippen molar-refractivity contribution < 1.29 is 14.6 Å². The minimum absolute atomic E-state index is 0.171. The van der Waals surface area contributed by atoms with Gasteiger partial charge in [0.2, 0.25) is 5.69 Å². The van der Waals surface area contributed by atoms with Crippen LogP contribution in [-0.4, -0.2) is 26.3 Å². The summed E-state index contributed by atoms with van der Waals surface area (Å²) in [6.45, 7) is 1.78. The molecule has 1 aromatic carbocycles. The van der Waals surface area contributed by atoms with E-state index in [-0.39, 0.29) is 11.4 Å². The molecule has 3 rings (SSSR count). The summed E-state index contributed by atoms with van der Waals surface area (Å²) < 4.78 is 5.77. The number of hydrogen-bond acceptors (Lipinski definition) is 5. The standard InChI is InChI=1S/C15H11N3O3/c1-9-12(7-4-8-16-9)21-14-10-5-2-3-6-11(10)17-18-13(14)15(19)20/h2-8H,1H3,(H,19,20). The lowest BCUT2D eigenvalue weighted by atomic mass is 10.2. The highest BCUT2D eigenvalue weighted by atomic mass is 16.5. The summed E-state index contributed by atoms with van der Waals surface area (Å²) in [4.78, 5) is 15.5. The molecule has 6 nitrogen and oxygen atoms in total. The molecule has 0 atom stereocenters. The predicted octanol–water partition coefficient (Wildman–Crippen LogP) is 2.82. The summed E-state index contributed by atoms with van der Waals surface area (Å²) in [5, 5.41) is 17.5. The molecule has 21 heavy (non-hydrogen) atoms. The molecule has 0 saturated carbocycles. The van der Waals surface area contributed by atoms with Crippen LogP contribution in [0.4, 0.5) is 0 Å². The first-order chi connectivity index (χ1) is 10.2. The number of pyridine rings is 1. The Morgan fingerprint density at radius 2 is 1.95 bits per heavy atom. The van der Waals surface area contributed by atoms with Crippen molar-refractivity contribution >= 4 is 16.9 Å². The number of rotatable bonds is 3. The Morgan fingerprint density at radius 3 is 2.71 bits per heavy atom. The number of benzene rings is 1. The van der Waals surface area contributed by atoms with Crippen LogP contribution in [0.1, 0.15) is 16.2 Å². The predicted molar refractivity (Wildman–Crippen MR) is 75.5 cm³/mol. The summed E-state index contributed by atoms with van der Waals surface area (Å²) >= 11 is 0. The molecule has 0 bridgehead atoms. The highest BCUT2D eigenvalue weighted by Crippen LogP contribution is 2.32. The fourth-order valence-electron chi connectivity index (χ4n) is 1.96. The number of hydrogen-bond donors (Lipinski definition) is 1. The lowest BCUT2D eigenvalue weighted by Gasteiger charge is -2.11. The smallest absolute Gasteiger partial charge is 0.360 e. The van der Waals surface area contributed by atoms with Gasteiger partial charge in [-0.05, 0) is 31.2 Å². The van der Waals surface area contributed by atoms with Crippen molar-refractivity contribution in [3.05, 3.63) is 54.0 Å². The second-order valence-corrected chi connectivity index (χ2v) is 4.39. The normalized spacial score (nSPS) is 10.5. The van der Waals surface area contributed by atoms with Crippen LogP contribution in [0.25, 0.3) is 10.9 Å². The van der Waals surface area contributed by atoms with Gasteiger partial charge in [-0.15, -0.1) is 10.2 Å². The number of carboxylic acids is 1. The summed E-state index contributed by atoms with van der Waals surface area (Å²) in [6.07, 6.45) is 1.64. The second-order valence-electron chi connectivity index (χ2n) is 4.39. The van der Waals surface area contributed by atoms with Crippen molar-refractivity contribution in [2.75, 3.05) is 0 Å². The second kappa shape index (κ2) is 5.16. The van der Waals surface area contributed by atoms with E-state index in [0.29, 0.717) is 22.3 Å². The molecule has 0 radical (unpaired) electrons. The summed E-state index contributed by atoms with van der Waals surface area (Å²) in [5.74, 6) is -0.535. The molecule has 104 valence electrons. The van der Waals surface area contributed by atoms with Crippen LogP contribution in [0.5, 0.6) is 11.5 Å². The van der Waals surface area contributed by atoms with Gasteiger partial charge in [0, 0.05) is 11.6 Å². The number of ether oxygens (including phenoxy) is 1. The maximum Gasteiger partial charge on any atom is 0.360 e. The van der Waals surface area contributed by atoms with Gasteiger partial charge in [0.25, 0.3) is 0 Å². The van der Waals surface area contributed by atoms with E-state index in [9.17, 15) is 9.90 Å². The van der Waals surface area contributed by atoms with E-state index in [2.05, 4.69) is 15.2 Å². The maximum atomic E-state index is 11.3. The minimum Gasteiger partial charge on any atom is -0.476 e. The van der Waals surface area contributed by atoms with Gasteiger partial charge < -0.3 is 9.84 Å². The Labute approximate surface area is 120 Å². The molecule has 0 unspecified atom stereocenters. The van der Waals surface area contributed by atoms with Gasteiger partial charge in [-0.2, -0.15) is 0 Å². The Balaban J connectivity index is 2.21. The number of carbonyl (C=O) groups is 1. The summed E-state index contributed by atoms with van der Waals surface area (Å²) in [7, 11) is 0. The van der Waals surface area contributed by atoms with E-state index < -0.39 is 5.97 Å². The summed E-state index contributed by atoms with van der Waals surface area (Å²) in [5.41, 5.74) is 1.01. The number of aromatic carboxylic acids is 1. The third-order valence-corrected chi connectivity index (χ3v) is 2.99. The first kappa shape index (κ1) is 13.0. The quantitative estimate of drug-likeness (QED) is 0.794. The molecule has 1 N–H and O–H groups in total. The Morgan fingerprint density at radius 1 is 1.14 bits per heavy atom. The van der Waals surface area contributed by atoms with Gasteiger partial charge in [0.15, 0.2) is 5.75 Å². The molecule has 0 saturated heterocycles. The van der Waals surface area contributed by atoms with Gasteiger partial charge in [0.05, 0.1) is 11.2 Å². The number of aromatic nitrogens is 3. The summed E-state index contributed by atoms with van der Waals surface area (Å²) in [6, 6.07) is 10.5. The molecule has 0 spiro atoms. The molecular formula is C15H11N3O3. The average molecular weight is 281 g/mol. The van der Waals surface area contributed by atoms with Crippen LogP contribution in [0, 0.1) is 6.92 Å². The van der Waals surface area contributed by atoms with Crippen molar-refractivity contribution in [3.63, 3.8) is 0 Å². The molecule has 0 aliphatic carbocycles. The minimum atomic E-state index is -1.19. The maximum absolute atomic E-state index is 11.3. The highest BCUT2D eigenvalue weighted by molar-refractivity contribution is 5.97. The molecule has 0 aliphatic heterocycles. The SMILES string of the molecule is Cc1ncccc1Oc1c(C(=O)O)nnc2ccccc12. The van der Waals surface area contributed by atoms with Gasteiger partial charge in [-0.25, -0.2) is 4.79 Å². The van der Waals surface area contributed by atoms with Crippen molar-refractivity contribution in [1.29, 1.82) is 0 Å². The van der Waals surface area contributed by atoms with E-state index in [0.717, 1.165) is 0 Å². The Bertz CT molecular complexity index is 833. The van der Waals surface area contributed by atoms with Crippen molar-refractivity contribution in [2.45, 2.75) is 6.92 Å². The fourth-order valence-corrected chi connectivity index (χ4v) is 1.96. The molecule has 0 fully saturated rings. The van der Waals surface area contributed by atoms with Crippen LogP contribution < -0.4 is 4.74 Å². The Hall–Kier alpha value is -3.02. The topological polar surface area (TPSA) is 85.2 Å². The molecule has 2 aromatic heterocycles. The van der Waals surface area contributed by atoms with Gasteiger partial charge in [-0.1, -0.05) is 12.1 Å². The Kier molecular flexibility index (Phi) is 3.19. The first-order valence-corrected chi connectivity index (χ1v) is 6.25. The average Bonchev–Trinajstić information content (AvgIpc) is 2.49. The van der Waals surface area contributed by atoms with E-state index in [1.165, 1.54) is 0 Å². The number of fused-ring (bicyclic) bond motifs is 1. The van der Waals surface area contributed by atoms with Gasteiger partial charge in [-0.3, -0.25) is 4.98 Å². The first-order valence-electron chi connectivity index (χ1n) is 6.25. The van der Waals surface area contributed by atoms with Crippen molar-refractivity contribution in [1.82, 2.24) is 15.2 Å². The molecule has 0 amide bonds. The van der Waals surface area contributed by atoms with Crippen LogP contribution in [0.3, 0.4) is 0 Å². The molecule has 2 heterocycles. The number of nitrogens with zero attached hydrogens (tertiary/aromatic N) is 3. The van der Waals surface area contributed by atoms with Crippen LogP contribution in [0.2, 0.25) is 0 Å². The third-order valence-electron chi connectivity index (χ3n) is 2.99. The van der Waals surface area contributed by atoms with Crippen LogP contribution >= 0.6 is 0 Å². The van der Waals surface area contributed by atoms with E-state index in [1.54, 1.807) is 49.5 Å². The van der Waals surface area contributed by atoms with E-state index in [4.69, 9.17) is 4.74 Å². The fraction of sp³-hybridized carbons (Fsp3) is 0.0667. The van der Waals surface area contributed by atoms with Crippen molar-refractivity contribution in [2.24, 2.45) is 0 Å². The number of aryl methyl sites for hydroxylation is 1. The molecular weight excluding hydrogens is 270 g/mol. The third kappa shape index (κ3) is 2.38.